The zero-order valence-electron chi connectivity index (χ0n) is 22.9. The third kappa shape index (κ3) is 6.49. The van der Waals surface area contributed by atoms with Crippen molar-refractivity contribution in [3.8, 4) is 23.0 Å². The summed E-state index contributed by atoms with van der Waals surface area (Å²) in [5.74, 6) is -1.41. The Balaban J connectivity index is 1.71. The van der Waals surface area contributed by atoms with Gasteiger partial charge >= 0.3 is 5.97 Å². The van der Waals surface area contributed by atoms with Crippen molar-refractivity contribution in [1.29, 1.82) is 0 Å². The summed E-state index contributed by atoms with van der Waals surface area (Å²) in [5, 5.41) is 7.97. The lowest BCUT2D eigenvalue weighted by molar-refractivity contribution is -0.142. The van der Waals surface area contributed by atoms with Gasteiger partial charge in [-0.1, -0.05) is 30.3 Å². The number of anilines is 2. The van der Waals surface area contributed by atoms with E-state index in [-0.39, 0.29) is 52.8 Å². The van der Waals surface area contributed by atoms with E-state index in [1.54, 1.807) is 0 Å². The van der Waals surface area contributed by atoms with Crippen LogP contribution in [0, 0.1) is 0 Å². The first kappa shape index (κ1) is 28.7. The van der Waals surface area contributed by atoms with Crippen LogP contribution in [0.1, 0.15) is 32.7 Å². The fourth-order valence-corrected chi connectivity index (χ4v) is 4.15. The van der Waals surface area contributed by atoms with Crippen molar-refractivity contribution >= 4 is 35.1 Å². The highest BCUT2D eigenvalue weighted by molar-refractivity contribution is 6.13. The van der Waals surface area contributed by atoms with Crippen LogP contribution in [0.2, 0.25) is 0 Å². The summed E-state index contributed by atoms with van der Waals surface area (Å²) in [5.41, 5.74) is 1.41. The van der Waals surface area contributed by atoms with E-state index in [1.165, 1.54) is 52.7 Å². The van der Waals surface area contributed by atoms with Gasteiger partial charge in [0.25, 0.3) is 11.8 Å². The maximum Gasteiger partial charge on any atom is 0.308 e. The molecule has 3 aromatic carbocycles. The smallest absolute Gasteiger partial charge is 0.308 e. The van der Waals surface area contributed by atoms with Crippen LogP contribution in [-0.2, 0) is 20.9 Å². The molecule has 0 saturated carbocycles. The number of rotatable bonds is 10. The van der Waals surface area contributed by atoms with Crippen LogP contribution < -0.4 is 34.9 Å². The Bertz CT molecular complexity index is 1450. The summed E-state index contributed by atoms with van der Waals surface area (Å²) in [6.45, 7) is 0.131. The Labute approximate surface area is 235 Å². The molecule has 0 spiro atoms. The van der Waals surface area contributed by atoms with E-state index < -0.39 is 29.7 Å². The number of ether oxygens (including phenoxy) is 5. The molecule has 214 valence electrons. The Morgan fingerprint density at radius 3 is 2.17 bits per heavy atom. The number of methoxy groups -OCH3 is 4. The molecule has 12 nitrogen and oxygen atoms in total. The van der Waals surface area contributed by atoms with Crippen molar-refractivity contribution in [3.05, 3.63) is 71.3 Å². The highest BCUT2D eigenvalue weighted by Gasteiger charge is 2.31. The number of benzene rings is 3. The molecule has 1 heterocycles. The van der Waals surface area contributed by atoms with Crippen LogP contribution in [0.3, 0.4) is 0 Å². The lowest BCUT2D eigenvalue weighted by Gasteiger charge is -2.17. The first-order valence-corrected chi connectivity index (χ1v) is 12.4. The predicted molar refractivity (Wildman–Crippen MR) is 148 cm³/mol. The molecule has 4 rings (SSSR count). The fraction of sp³-hybridized carbons (Fsp3) is 0.241. The summed E-state index contributed by atoms with van der Waals surface area (Å²) in [6, 6.07) is 13.9. The van der Waals surface area contributed by atoms with Crippen LogP contribution in [0.5, 0.6) is 23.0 Å². The van der Waals surface area contributed by atoms with Gasteiger partial charge in [-0.15, -0.1) is 0 Å². The third-order valence-corrected chi connectivity index (χ3v) is 6.25. The molecule has 0 aliphatic carbocycles. The average molecular weight is 564 g/mol. The van der Waals surface area contributed by atoms with E-state index in [0.717, 1.165) is 5.56 Å². The van der Waals surface area contributed by atoms with Crippen LogP contribution in [-0.4, -0.2) is 58.2 Å². The van der Waals surface area contributed by atoms with Gasteiger partial charge in [0.15, 0.2) is 11.5 Å². The Hall–Kier alpha value is -5.26. The molecular weight excluding hydrogens is 534 g/mol. The van der Waals surface area contributed by atoms with Gasteiger partial charge in [-0.25, -0.2) is 0 Å². The summed E-state index contributed by atoms with van der Waals surface area (Å²) in [4.78, 5) is 51.1. The number of fused-ring (bicyclic) bond motifs is 1. The quantitative estimate of drug-likeness (QED) is 0.316. The second-order valence-corrected chi connectivity index (χ2v) is 8.83. The fourth-order valence-electron chi connectivity index (χ4n) is 4.15. The highest BCUT2D eigenvalue weighted by Crippen LogP contribution is 2.39. The average Bonchev–Trinajstić information content (AvgIpc) is 3.10. The van der Waals surface area contributed by atoms with Gasteiger partial charge in [0.1, 0.15) is 18.4 Å². The van der Waals surface area contributed by atoms with Crippen LogP contribution in [0.15, 0.2) is 54.6 Å². The van der Waals surface area contributed by atoms with Gasteiger partial charge in [-0.2, -0.15) is 0 Å². The summed E-state index contributed by atoms with van der Waals surface area (Å²) in [7, 11) is 5.50. The van der Waals surface area contributed by atoms with Gasteiger partial charge in [0.05, 0.1) is 51.8 Å². The van der Waals surface area contributed by atoms with E-state index in [9.17, 15) is 19.2 Å². The Morgan fingerprint density at radius 1 is 0.878 bits per heavy atom. The molecular formula is C29H29N3O9. The molecule has 1 aliphatic heterocycles. The maximum atomic E-state index is 13.4. The van der Waals surface area contributed by atoms with Crippen molar-refractivity contribution < 1.29 is 42.9 Å². The molecule has 12 heteroatoms. The second kappa shape index (κ2) is 12.7. The number of amides is 3. The van der Waals surface area contributed by atoms with Crippen molar-refractivity contribution in [2.45, 2.75) is 19.1 Å². The van der Waals surface area contributed by atoms with E-state index in [2.05, 4.69) is 20.7 Å². The van der Waals surface area contributed by atoms with Crippen molar-refractivity contribution in [2.75, 3.05) is 39.1 Å². The first-order valence-electron chi connectivity index (χ1n) is 12.4. The SMILES string of the molecule is COC(=O)C[C@@H]1NC(=O)c2cc(OCc3ccccc3)c(NC(=O)c3cc(OC)c(OC)c(OC)c3)cc2NC1=O. The van der Waals surface area contributed by atoms with E-state index >= 15 is 0 Å². The molecule has 3 N–H and O–H groups in total. The number of esters is 1. The molecule has 3 aromatic rings. The van der Waals surface area contributed by atoms with Gasteiger partial charge in [-0.3, -0.25) is 19.2 Å². The Kier molecular flexibility index (Phi) is 8.92. The molecule has 0 fully saturated rings. The lowest BCUT2D eigenvalue weighted by Crippen LogP contribution is -2.42. The van der Waals surface area contributed by atoms with Gasteiger partial charge in [0, 0.05) is 5.56 Å². The minimum Gasteiger partial charge on any atom is -0.493 e. The number of carbonyl (C=O) groups is 4. The minimum atomic E-state index is -1.16. The van der Waals surface area contributed by atoms with E-state index in [4.69, 9.17) is 18.9 Å². The lowest BCUT2D eigenvalue weighted by atomic mass is 10.1. The van der Waals surface area contributed by atoms with Gasteiger partial charge in [-0.05, 0) is 29.8 Å². The monoisotopic (exact) mass is 563 g/mol. The third-order valence-electron chi connectivity index (χ3n) is 6.25. The molecule has 0 saturated heterocycles. The van der Waals surface area contributed by atoms with E-state index in [1.807, 2.05) is 30.3 Å². The molecule has 3 amide bonds. The summed E-state index contributed by atoms with van der Waals surface area (Å²) < 4.78 is 26.7. The van der Waals surface area contributed by atoms with Crippen LogP contribution >= 0.6 is 0 Å². The summed E-state index contributed by atoms with van der Waals surface area (Å²) >= 11 is 0. The molecule has 1 atom stereocenters. The van der Waals surface area contributed by atoms with Crippen molar-refractivity contribution in [3.63, 3.8) is 0 Å². The number of carbonyl (C=O) groups excluding carboxylic acids is 4. The topological polar surface area (TPSA) is 151 Å². The molecule has 41 heavy (non-hydrogen) atoms. The minimum absolute atomic E-state index is 0.0829. The molecule has 0 unspecified atom stereocenters. The van der Waals surface area contributed by atoms with Gasteiger partial charge < -0.3 is 39.6 Å². The zero-order valence-corrected chi connectivity index (χ0v) is 22.9. The van der Waals surface area contributed by atoms with Crippen molar-refractivity contribution in [2.24, 2.45) is 0 Å². The molecule has 0 radical (unpaired) electrons. The molecule has 1 aliphatic rings. The Morgan fingerprint density at radius 2 is 1.56 bits per heavy atom. The largest absolute Gasteiger partial charge is 0.493 e. The van der Waals surface area contributed by atoms with Crippen LogP contribution in [0.25, 0.3) is 0 Å². The van der Waals surface area contributed by atoms with E-state index in [0.29, 0.717) is 5.75 Å². The molecule has 0 bridgehead atoms. The normalized spacial score (nSPS) is 14.0. The zero-order chi connectivity index (χ0) is 29.5. The first-order chi connectivity index (χ1) is 19.8. The molecule has 0 aromatic heterocycles. The van der Waals surface area contributed by atoms with Gasteiger partial charge in [0.2, 0.25) is 11.7 Å². The second-order valence-electron chi connectivity index (χ2n) is 8.83. The number of nitrogens with one attached hydrogen (secondary N) is 3. The van der Waals surface area contributed by atoms with Crippen molar-refractivity contribution in [1.82, 2.24) is 5.32 Å². The number of hydrogen-bond acceptors (Lipinski definition) is 9. The van der Waals surface area contributed by atoms with Crippen LogP contribution in [0.4, 0.5) is 11.4 Å². The maximum absolute atomic E-state index is 13.4. The number of hydrogen-bond donors (Lipinski definition) is 3. The predicted octanol–water partition coefficient (Wildman–Crippen LogP) is 3.16. The highest BCUT2D eigenvalue weighted by atomic mass is 16.5. The standard InChI is InChI=1S/C29H29N3O9/c1-37-23-10-17(11-24(38-2)26(23)40-4)27(34)31-20-13-19-18(12-22(20)41-15-16-8-6-5-7-9-16)28(35)32-21(29(36)30-19)14-25(33)39-3/h5-13,21H,14-15H2,1-4H3,(H,30,36)(H,31,34)(H,32,35)/t21-/m0/s1. The summed E-state index contributed by atoms with van der Waals surface area (Å²) in [6.07, 6.45) is -0.357.